The number of carbonyl (C=O) groups excluding carboxylic acids is 1. The number of imidazole rings is 1. The molecule has 6 nitrogen and oxygen atoms in total. The van der Waals surface area contributed by atoms with Crippen molar-refractivity contribution in [1.29, 1.82) is 0 Å². The minimum Gasteiger partial charge on any atom is -0.383 e. The van der Waals surface area contributed by atoms with Gasteiger partial charge in [0.05, 0.1) is 41.2 Å². The molecule has 1 aromatic heterocycles. The van der Waals surface area contributed by atoms with Gasteiger partial charge in [-0.3, -0.25) is 4.79 Å². The number of hydrogen-bond donors (Lipinski definition) is 1. The third-order valence-corrected chi connectivity index (χ3v) is 5.98. The highest BCUT2D eigenvalue weighted by Gasteiger charge is 2.27. The van der Waals surface area contributed by atoms with Gasteiger partial charge in [0.1, 0.15) is 0 Å². The average Bonchev–Trinajstić information content (AvgIpc) is 3.16. The number of amides is 1. The highest BCUT2D eigenvalue weighted by Crippen LogP contribution is 2.33. The van der Waals surface area contributed by atoms with Crippen LogP contribution in [0.5, 0.6) is 0 Å². The first-order chi connectivity index (χ1) is 14.5. The molecule has 0 aliphatic carbocycles. The van der Waals surface area contributed by atoms with Gasteiger partial charge in [0.2, 0.25) is 5.91 Å². The fourth-order valence-corrected chi connectivity index (χ4v) is 4.31. The Kier molecular flexibility index (Phi) is 7.53. The molecular formula is C23H29N3O3S. The molecule has 1 amide bonds. The van der Waals surface area contributed by atoms with Crippen molar-refractivity contribution in [2.24, 2.45) is 0 Å². The zero-order valence-electron chi connectivity index (χ0n) is 18.1. The molecule has 0 bridgehead atoms. The topological polar surface area (TPSA) is 67.5 Å². The Morgan fingerprint density at radius 3 is 2.63 bits per heavy atom. The molecule has 0 saturated carbocycles. The summed E-state index contributed by atoms with van der Waals surface area (Å²) < 4.78 is 11.0. The summed E-state index contributed by atoms with van der Waals surface area (Å²) in [6.45, 7) is 6.45. The molecule has 0 radical (unpaired) electrons. The fourth-order valence-electron chi connectivity index (χ4n) is 3.57. The molecule has 7 heteroatoms. The Labute approximate surface area is 182 Å². The number of rotatable bonds is 9. The summed E-state index contributed by atoms with van der Waals surface area (Å²) in [5.74, 6) is 0.270. The summed E-state index contributed by atoms with van der Waals surface area (Å²) >= 11 is 1.41. The first-order valence-corrected chi connectivity index (χ1v) is 11.0. The molecule has 3 aromatic rings. The van der Waals surface area contributed by atoms with E-state index >= 15 is 0 Å². The molecule has 2 aromatic carbocycles. The van der Waals surface area contributed by atoms with Crippen LogP contribution in [0.1, 0.15) is 31.1 Å². The van der Waals surface area contributed by atoms with Gasteiger partial charge in [0, 0.05) is 19.8 Å². The number of thioether (sulfide) groups is 1. The lowest BCUT2D eigenvalue weighted by Crippen LogP contribution is -2.43. The van der Waals surface area contributed by atoms with Crippen molar-refractivity contribution in [3.63, 3.8) is 0 Å². The van der Waals surface area contributed by atoms with Gasteiger partial charge in [-0.2, -0.15) is 0 Å². The highest BCUT2D eigenvalue weighted by atomic mass is 32.2. The Balaban J connectivity index is 1.89. The smallest absolute Gasteiger partial charge is 0.237 e. The predicted molar refractivity (Wildman–Crippen MR) is 122 cm³/mol. The number of fused-ring (bicyclic) bond motifs is 1. The molecule has 0 fully saturated rings. The Morgan fingerprint density at radius 1 is 1.17 bits per heavy atom. The standard InChI is InChI=1S/C23H29N3O3S/c1-15-9-8-10-18(17(3)29-5)22(15)26(16(2)13-28-4)21(27)14-30-23-24-19-11-6-7-12-20(19)25-23/h6-12,16-17H,13-14H2,1-5H3,(H,24,25)/t16-,17+/m1/s1. The van der Waals surface area contributed by atoms with E-state index < -0.39 is 0 Å². The number of benzene rings is 2. The molecule has 0 aliphatic rings. The maximum Gasteiger partial charge on any atom is 0.237 e. The molecule has 0 aliphatic heterocycles. The number of nitrogens with zero attached hydrogens (tertiary/aromatic N) is 2. The van der Waals surface area contributed by atoms with Gasteiger partial charge in [-0.1, -0.05) is 42.1 Å². The number of anilines is 1. The van der Waals surface area contributed by atoms with Crippen LogP contribution in [0.15, 0.2) is 47.6 Å². The fraction of sp³-hybridized carbons (Fsp3) is 0.391. The third kappa shape index (κ3) is 4.86. The monoisotopic (exact) mass is 427 g/mol. The summed E-state index contributed by atoms with van der Waals surface area (Å²) in [7, 11) is 3.33. The van der Waals surface area contributed by atoms with Crippen LogP contribution in [-0.4, -0.2) is 48.5 Å². The van der Waals surface area contributed by atoms with E-state index in [-0.39, 0.29) is 23.8 Å². The van der Waals surface area contributed by atoms with E-state index in [0.717, 1.165) is 33.0 Å². The average molecular weight is 428 g/mol. The predicted octanol–water partition coefficient (Wildman–Crippen LogP) is 4.74. The van der Waals surface area contributed by atoms with E-state index in [1.807, 2.05) is 68.1 Å². The van der Waals surface area contributed by atoms with E-state index in [9.17, 15) is 4.79 Å². The highest BCUT2D eigenvalue weighted by molar-refractivity contribution is 7.99. The second kappa shape index (κ2) is 10.1. The zero-order valence-corrected chi connectivity index (χ0v) is 19.0. The van der Waals surface area contributed by atoms with Crippen molar-refractivity contribution in [3.8, 4) is 0 Å². The van der Waals surface area contributed by atoms with Crippen molar-refractivity contribution >= 4 is 34.4 Å². The van der Waals surface area contributed by atoms with Gasteiger partial charge in [-0.05, 0) is 38.5 Å². The van der Waals surface area contributed by atoms with Gasteiger partial charge < -0.3 is 19.4 Å². The number of aromatic nitrogens is 2. The number of hydrogen-bond acceptors (Lipinski definition) is 5. The lowest BCUT2D eigenvalue weighted by Gasteiger charge is -2.33. The minimum atomic E-state index is -0.132. The normalized spacial score (nSPS) is 13.4. The first kappa shape index (κ1) is 22.3. The molecule has 0 spiro atoms. The van der Waals surface area contributed by atoms with Crippen molar-refractivity contribution in [3.05, 3.63) is 53.6 Å². The number of methoxy groups -OCH3 is 2. The van der Waals surface area contributed by atoms with Crippen LogP contribution < -0.4 is 4.90 Å². The van der Waals surface area contributed by atoms with E-state index in [2.05, 4.69) is 9.97 Å². The van der Waals surface area contributed by atoms with Crippen molar-refractivity contribution in [2.45, 2.75) is 38.1 Å². The quantitative estimate of drug-likeness (QED) is 0.500. The van der Waals surface area contributed by atoms with Crippen molar-refractivity contribution in [2.75, 3.05) is 31.5 Å². The Morgan fingerprint density at radius 2 is 1.93 bits per heavy atom. The van der Waals surface area contributed by atoms with Gasteiger partial charge in [0.25, 0.3) is 0 Å². The number of para-hydroxylation sites is 3. The summed E-state index contributed by atoms with van der Waals surface area (Å²) in [5.41, 5.74) is 4.77. The maximum atomic E-state index is 13.4. The molecule has 2 atom stereocenters. The molecule has 160 valence electrons. The number of ether oxygens (including phenoxy) is 2. The van der Waals surface area contributed by atoms with E-state index in [1.54, 1.807) is 14.2 Å². The molecule has 0 saturated heterocycles. The number of H-pyrrole nitrogens is 1. The van der Waals surface area contributed by atoms with Gasteiger partial charge in [0.15, 0.2) is 5.16 Å². The number of aromatic amines is 1. The molecule has 30 heavy (non-hydrogen) atoms. The number of nitrogens with one attached hydrogen (secondary N) is 1. The Bertz CT molecular complexity index is 971. The maximum absolute atomic E-state index is 13.4. The molecule has 1 N–H and O–H groups in total. The van der Waals surface area contributed by atoms with E-state index in [0.29, 0.717) is 6.61 Å². The lowest BCUT2D eigenvalue weighted by atomic mass is 10.0. The largest absolute Gasteiger partial charge is 0.383 e. The minimum absolute atomic E-state index is 0.00357. The van der Waals surface area contributed by atoms with Gasteiger partial charge in [-0.25, -0.2) is 4.98 Å². The summed E-state index contributed by atoms with van der Waals surface area (Å²) in [4.78, 5) is 23.1. The molecule has 3 rings (SSSR count). The summed E-state index contributed by atoms with van der Waals surface area (Å²) in [6.07, 6.45) is -0.132. The van der Waals surface area contributed by atoms with Crippen LogP contribution in [0, 0.1) is 6.92 Å². The third-order valence-electron chi connectivity index (χ3n) is 5.12. The van der Waals surface area contributed by atoms with E-state index in [1.165, 1.54) is 11.8 Å². The second-order valence-corrected chi connectivity index (χ2v) is 8.27. The van der Waals surface area contributed by atoms with Crippen LogP contribution in [0.2, 0.25) is 0 Å². The first-order valence-electron chi connectivity index (χ1n) is 9.97. The van der Waals surface area contributed by atoms with Crippen molar-refractivity contribution < 1.29 is 14.3 Å². The summed E-state index contributed by atoms with van der Waals surface area (Å²) in [5, 5.41) is 0.735. The molecular weight excluding hydrogens is 398 g/mol. The Hall–Kier alpha value is -2.35. The van der Waals surface area contributed by atoms with Crippen LogP contribution in [-0.2, 0) is 14.3 Å². The van der Waals surface area contributed by atoms with Crippen LogP contribution >= 0.6 is 11.8 Å². The van der Waals surface area contributed by atoms with Crippen LogP contribution in [0.3, 0.4) is 0 Å². The second-order valence-electron chi connectivity index (χ2n) is 7.31. The zero-order chi connectivity index (χ0) is 21.7. The van der Waals surface area contributed by atoms with Gasteiger partial charge in [-0.15, -0.1) is 0 Å². The number of aryl methyl sites for hydroxylation is 1. The van der Waals surface area contributed by atoms with Crippen LogP contribution in [0.25, 0.3) is 11.0 Å². The lowest BCUT2D eigenvalue weighted by molar-refractivity contribution is -0.116. The van der Waals surface area contributed by atoms with Crippen LogP contribution in [0.4, 0.5) is 5.69 Å². The molecule has 0 unspecified atom stereocenters. The van der Waals surface area contributed by atoms with Crippen molar-refractivity contribution in [1.82, 2.24) is 9.97 Å². The SMILES string of the molecule is COC[C@@H](C)N(C(=O)CSc1nc2ccccc2[nH]1)c1c(C)cccc1[C@H](C)OC. The van der Waals surface area contributed by atoms with E-state index in [4.69, 9.17) is 9.47 Å². The summed E-state index contributed by atoms with van der Waals surface area (Å²) in [6, 6.07) is 13.8. The van der Waals surface area contributed by atoms with Gasteiger partial charge >= 0.3 is 0 Å². The number of carbonyl (C=O) groups is 1. The molecule has 1 heterocycles.